The molecule has 1 aliphatic carbocycles. The average molecular weight is 833 g/mol. The Balaban J connectivity index is 1.00. The summed E-state index contributed by atoms with van der Waals surface area (Å²) in [6.45, 7) is 0. The van der Waals surface area contributed by atoms with Gasteiger partial charge in [0.05, 0.1) is 16.6 Å². The Labute approximate surface area is 375 Å². The molecule has 0 saturated carbocycles. The molecule has 11 aromatic rings. The summed E-state index contributed by atoms with van der Waals surface area (Å²) >= 11 is 1.89. The summed E-state index contributed by atoms with van der Waals surface area (Å²) in [5.74, 6) is 1.94. The molecule has 1 aliphatic heterocycles. The summed E-state index contributed by atoms with van der Waals surface area (Å²) in [4.78, 5) is 22.8. The molecular formula is C59H36N4S. The molecule has 9 aromatic carbocycles. The number of hydrogen-bond donors (Lipinski definition) is 0. The fraction of sp³-hybridized carbons (Fsp3) is 0.0169. The van der Waals surface area contributed by atoms with Crippen LogP contribution in [0.15, 0.2) is 228 Å². The van der Waals surface area contributed by atoms with E-state index in [0.717, 1.165) is 55.4 Å². The van der Waals surface area contributed by atoms with E-state index < -0.39 is 5.41 Å². The lowest BCUT2D eigenvalue weighted by molar-refractivity contribution is 0.726. The highest BCUT2D eigenvalue weighted by Gasteiger charge is 2.50. The second kappa shape index (κ2) is 14.6. The molecule has 0 bridgehead atoms. The Hall–Kier alpha value is -7.99. The molecule has 0 amide bonds. The van der Waals surface area contributed by atoms with Gasteiger partial charge in [-0.2, -0.15) is 0 Å². The zero-order valence-corrected chi connectivity index (χ0v) is 35.3. The summed E-state index contributed by atoms with van der Waals surface area (Å²) in [6.07, 6.45) is 0. The Kier molecular flexibility index (Phi) is 8.33. The van der Waals surface area contributed by atoms with Crippen LogP contribution in [0.5, 0.6) is 0 Å². The highest BCUT2D eigenvalue weighted by Crippen LogP contribution is 2.63. The predicted molar refractivity (Wildman–Crippen MR) is 261 cm³/mol. The first-order valence-electron chi connectivity index (χ1n) is 21.6. The normalized spacial score (nSPS) is 13.1. The fourth-order valence-corrected chi connectivity index (χ4v) is 11.5. The standard InChI is InChI=1S/C59H36N4S/c1-4-16-38(17-5-1)54-46-33-35-50-55(53(46)45-24-12-15-27-51(45)60-54)64-52-36-42(32-34-49(52)59(50)47-25-13-10-22-43(47)44-23-11-14-26-48(44)59)37-28-30-41(31-29-37)58-62-56(39-18-6-2-7-19-39)61-57(63-58)40-20-8-3-9-21-40/h1-36H. The van der Waals surface area contributed by atoms with Crippen molar-refractivity contribution < 1.29 is 0 Å². The van der Waals surface area contributed by atoms with Crippen LogP contribution in [0.25, 0.3) is 89.4 Å². The summed E-state index contributed by atoms with van der Waals surface area (Å²) in [6, 6.07) is 78.1. The van der Waals surface area contributed by atoms with Gasteiger partial charge in [-0.3, -0.25) is 0 Å². The minimum atomic E-state index is -0.525. The molecule has 13 rings (SSSR count). The van der Waals surface area contributed by atoms with Crippen molar-refractivity contribution in [2.45, 2.75) is 15.2 Å². The molecule has 3 heterocycles. The zero-order chi connectivity index (χ0) is 42.2. The van der Waals surface area contributed by atoms with Crippen molar-refractivity contribution in [1.29, 1.82) is 0 Å². The van der Waals surface area contributed by atoms with Crippen LogP contribution >= 0.6 is 11.8 Å². The van der Waals surface area contributed by atoms with E-state index >= 15 is 0 Å². The molecule has 64 heavy (non-hydrogen) atoms. The van der Waals surface area contributed by atoms with E-state index in [-0.39, 0.29) is 0 Å². The van der Waals surface area contributed by atoms with Crippen molar-refractivity contribution in [2.24, 2.45) is 0 Å². The van der Waals surface area contributed by atoms with Crippen molar-refractivity contribution in [3.8, 4) is 67.7 Å². The van der Waals surface area contributed by atoms with Crippen LogP contribution in [0.2, 0.25) is 0 Å². The fourth-order valence-electron chi connectivity index (χ4n) is 10.1. The maximum atomic E-state index is 5.33. The average Bonchev–Trinajstić information content (AvgIpc) is 3.67. The number of rotatable bonds is 5. The molecule has 4 nitrogen and oxygen atoms in total. The zero-order valence-electron chi connectivity index (χ0n) is 34.5. The van der Waals surface area contributed by atoms with E-state index in [2.05, 4.69) is 158 Å². The van der Waals surface area contributed by atoms with Crippen molar-refractivity contribution in [3.63, 3.8) is 0 Å². The van der Waals surface area contributed by atoms with Gasteiger partial charge in [0.1, 0.15) is 0 Å². The summed E-state index contributed by atoms with van der Waals surface area (Å²) < 4.78 is 0. The van der Waals surface area contributed by atoms with E-state index in [9.17, 15) is 0 Å². The Morgan fingerprint density at radius 2 is 0.812 bits per heavy atom. The summed E-state index contributed by atoms with van der Waals surface area (Å²) in [5, 5.41) is 3.57. The minimum Gasteiger partial charge on any atom is -0.247 e. The number of nitrogens with zero attached hydrogens (tertiary/aromatic N) is 4. The first kappa shape index (κ1) is 36.6. The number of pyridine rings is 1. The van der Waals surface area contributed by atoms with Gasteiger partial charge in [-0.05, 0) is 56.6 Å². The lowest BCUT2D eigenvalue weighted by atomic mass is 9.66. The molecule has 0 unspecified atom stereocenters. The first-order valence-corrected chi connectivity index (χ1v) is 22.4. The second-order valence-electron chi connectivity index (χ2n) is 16.5. The van der Waals surface area contributed by atoms with E-state index in [0.29, 0.717) is 17.5 Å². The number of fused-ring (bicyclic) bond motifs is 13. The van der Waals surface area contributed by atoms with E-state index in [1.54, 1.807) is 0 Å². The molecular weight excluding hydrogens is 797 g/mol. The molecule has 0 radical (unpaired) electrons. The van der Waals surface area contributed by atoms with Gasteiger partial charge in [0, 0.05) is 48.2 Å². The molecule has 0 fully saturated rings. The molecule has 298 valence electrons. The van der Waals surface area contributed by atoms with E-state index in [1.807, 2.05) is 72.4 Å². The van der Waals surface area contributed by atoms with Crippen molar-refractivity contribution in [3.05, 3.63) is 241 Å². The minimum absolute atomic E-state index is 0.525. The van der Waals surface area contributed by atoms with Crippen LogP contribution in [-0.2, 0) is 5.41 Å². The van der Waals surface area contributed by atoms with E-state index in [1.165, 1.54) is 48.6 Å². The SMILES string of the molecule is c1ccc(-c2nc(-c3ccccc3)nc(-c3ccc(-c4ccc5c(c4)Sc4c(ccc6c(-c7ccccc7)nc7ccccc7c46)C54c5ccccc5-c5ccccc54)cc3)n2)cc1. The second-order valence-corrected chi connectivity index (χ2v) is 17.5. The number of para-hydroxylation sites is 1. The highest BCUT2D eigenvalue weighted by molar-refractivity contribution is 7.99. The van der Waals surface area contributed by atoms with Crippen LogP contribution in [0.1, 0.15) is 22.3 Å². The van der Waals surface area contributed by atoms with Gasteiger partial charge < -0.3 is 0 Å². The third kappa shape index (κ3) is 5.57. The molecule has 1 spiro atoms. The van der Waals surface area contributed by atoms with Gasteiger partial charge in [0.15, 0.2) is 17.5 Å². The molecule has 5 heteroatoms. The van der Waals surface area contributed by atoms with Crippen LogP contribution < -0.4 is 0 Å². The van der Waals surface area contributed by atoms with Gasteiger partial charge in [0.25, 0.3) is 0 Å². The summed E-state index contributed by atoms with van der Waals surface area (Å²) in [5.41, 5.74) is 15.5. The molecule has 0 saturated heterocycles. The van der Waals surface area contributed by atoms with Gasteiger partial charge in [-0.15, -0.1) is 0 Å². The first-order chi connectivity index (χ1) is 31.7. The Bertz CT molecular complexity index is 3520. The van der Waals surface area contributed by atoms with Crippen LogP contribution in [0.3, 0.4) is 0 Å². The van der Waals surface area contributed by atoms with Crippen molar-refractivity contribution >= 4 is 33.4 Å². The quantitative estimate of drug-likeness (QED) is 0.162. The molecule has 2 aliphatic rings. The van der Waals surface area contributed by atoms with Crippen LogP contribution in [-0.4, -0.2) is 19.9 Å². The maximum absolute atomic E-state index is 5.33. The van der Waals surface area contributed by atoms with Gasteiger partial charge >= 0.3 is 0 Å². The number of hydrogen-bond acceptors (Lipinski definition) is 5. The lowest BCUT2D eigenvalue weighted by Crippen LogP contribution is -2.32. The molecule has 2 aromatic heterocycles. The maximum Gasteiger partial charge on any atom is 0.164 e. The van der Waals surface area contributed by atoms with Crippen LogP contribution in [0.4, 0.5) is 0 Å². The van der Waals surface area contributed by atoms with E-state index in [4.69, 9.17) is 19.9 Å². The van der Waals surface area contributed by atoms with Crippen molar-refractivity contribution in [1.82, 2.24) is 19.9 Å². The molecule has 0 N–H and O–H groups in total. The van der Waals surface area contributed by atoms with Gasteiger partial charge in [-0.1, -0.05) is 218 Å². The number of benzene rings is 9. The lowest BCUT2D eigenvalue weighted by Gasteiger charge is -2.40. The van der Waals surface area contributed by atoms with Gasteiger partial charge in [0.2, 0.25) is 0 Å². The highest BCUT2D eigenvalue weighted by atomic mass is 32.2. The number of aromatic nitrogens is 4. The van der Waals surface area contributed by atoms with Crippen LogP contribution in [0, 0.1) is 0 Å². The monoisotopic (exact) mass is 832 g/mol. The predicted octanol–water partition coefficient (Wildman–Crippen LogP) is 14.7. The van der Waals surface area contributed by atoms with Gasteiger partial charge in [-0.25, -0.2) is 19.9 Å². The Morgan fingerprint density at radius 3 is 1.44 bits per heavy atom. The third-order valence-corrected chi connectivity index (χ3v) is 14.2. The molecule has 0 atom stereocenters. The Morgan fingerprint density at radius 1 is 0.328 bits per heavy atom. The summed E-state index contributed by atoms with van der Waals surface area (Å²) in [7, 11) is 0. The third-order valence-electron chi connectivity index (χ3n) is 13.0. The van der Waals surface area contributed by atoms with Crippen molar-refractivity contribution in [2.75, 3.05) is 0 Å². The largest absolute Gasteiger partial charge is 0.247 e. The smallest absolute Gasteiger partial charge is 0.164 e. The topological polar surface area (TPSA) is 51.6 Å².